The van der Waals surface area contributed by atoms with Crippen molar-refractivity contribution < 1.29 is 24.2 Å². The molecular weight excluding hydrogens is 476 g/mol. The fourth-order valence-corrected chi connectivity index (χ4v) is 9.21. The number of carbonyl (C=O) groups is 3. The Bertz CT molecular complexity index is 1170. The van der Waals surface area contributed by atoms with Crippen LogP contribution in [0.25, 0.3) is 0 Å². The molecular formula is C33H42O5. The van der Waals surface area contributed by atoms with Crippen molar-refractivity contribution in [3.05, 3.63) is 35.4 Å². The summed E-state index contributed by atoms with van der Waals surface area (Å²) >= 11 is 0. The predicted octanol–water partition coefficient (Wildman–Crippen LogP) is 5.76. The predicted molar refractivity (Wildman–Crippen MR) is 145 cm³/mol. The molecule has 0 aromatic heterocycles. The molecule has 5 heteroatoms. The van der Waals surface area contributed by atoms with E-state index in [2.05, 4.69) is 25.7 Å². The number of ketones is 2. The fraction of sp³-hybridized carbons (Fsp3) is 0.667. The van der Waals surface area contributed by atoms with Crippen LogP contribution in [0.5, 0.6) is 0 Å². The van der Waals surface area contributed by atoms with Gasteiger partial charge in [-0.15, -0.1) is 0 Å². The van der Waals surface area contributed by atoms with E-state index >= 15 is 0 Å². The standard InChI is InChI=1S/C33H42O5/c1-21(34)27-11-12-28-26-10-9-25-19-33(37,18-17-31(25,3)29(26)14-15-32(27,28)4)16-13-23-5-7-24(8-6-23)30(36)20-38-22(2)35/h5-8,25-29,37H,9-12,14-15,17-20H2,1-4H3/t25?,26-,27+,28-,29-,31-,32+,33?/m0/s1. The number of carbonyl (C=O) groups excluding carboxylic acids is 3. The summed E-state index contributed by atoms with van der Waals surface area (Å²) in [7, 11) is 0. The number of esters is 1. The van der Waals surface area contributed by atoms with Gasteiger partial charge in [0.1, 0.15) is 11.4 Å². The summed E-state index contributed by atoms with van der Waals surface area (Å²) in [5, 5.41) is 11.5. The second-order valence-electron chi connectivity index (χ2n) is 13.2. The lowest BCUT2D eigenvalue weighted by Gasteiger charge is -2.61. The molecule has 0 heterocycles. The van der Waals surface area contributed by atoms with E-state index in [1.165, 1.54) is 26.2 Å². The summed E-state index contributed by atoms with van der Waals surface area (Å²) in [6.07, 6.45) is 9.38. The largest absolute Gasteiger partial charge is 0.457 e. The summed E-state index contributed by atoms with van der Waals surface area (Å²) in [4.78, 5) is 35.5. The normalized spacial score (nSPS) is 39.6. The van der Waals surface area contributed by atoms with Crippen LogP contribution in [0.2, 0.25) is 0 Å². The van der Waals surface area contributed by atoms with Crippen molar-refractivity contribution in [2.45, 2.75) is 91.1 Å². The maximum absolute atomic E-state index is 12.4. The van der Waals surface area contributed by atoms with Crippen LogP contribution in [-0.2, 0) is 14.3 Å². The van der Waals surface area contributed by atoms with Gasteiger partial charge in [0.15, 0.2) is 12.4 Å². The van der Waals surface area contributed by atoms with Crippen LogP contribution >= 0.6 is 0 Å². The number of Topliss-reactive ketones (excluding diaryl/α,β-unsaturated/α-hetero) is 2. The van der Waals surface area contributed by atoms with Gasteiger partial charge in [0.05, 0.1) is 0 Å². The smallest absolute Gasteiger partial charge is 0.303 e. The minimum Gasteiger partial charge on any atom is -0.457 e. The number of hydrogen-bond acceptors (Lipinski definition) is 5. The van der Waals surface area contributed by atoms with Crippen molar-refractivity contribution in [1.29, 1.82) is 0 Å². The third-order valence-corrected chi connectivity index (χ3v) is 11.3. The fourth-order valence-electron chi connectivity index (χ4n) is 9.21. The van der Waals surface area contributed by atoms with Crippen molar-refractivity contribution >= 4 is 17.5 Å². The van der Waals surface area contributed by atoms with Gasteiger partial charge in [0.2, 0.25) is 0 Å². The average molecular weight is 519 g/mol. The van der Waals surface area contributed by atoms with Crippen LogP contribution in [0.3, 0.4) is 0 Å². The van der Waals surface area contributed by atoms with Crippen molar-refractivity contribution in [3.8, 4) is 11.8 Å². The molecule has 0 saturated heterocycles. The molecule has 5 nitrogen and oxygen atoms in total. The van der Waals surface area contributed by atoms with Gasteiger partial charge in [0, 0.05) is 24.0 Å². The van der Waals surface area contributed by atoms with Crippen molar-refractivity contribution in [1.82, 2.24) is 0 Å². The Kier molecular flexibility index (Phi) is 7.10. The maximum Gasteiger partial charge on any atom is 0.303 e. The Morgan fingerprint density at radius 2 is 1.63 bits per heavy atom. The van der Waals surface area contributed by atoms with Gasteiger partial charge in [-0.2, -0.15) is 0 Å². The lowest BCUT2D eigenvalue weighted by Crippen LogP contribution is -2.56. The summed E-state index contributed by atoms with van der Waals surface area (Å²) in [5.41, 5.74) is 0.652. The first-order valence-corrected chi connectivity index (χ1v) is 14.5. The van der Waals surface area contributed by atoms with E-state index < -0.39 is 11.6 Å². The quantitative estimate of drug-likeness (QED) is 0.311. The lowest BCUT2D eigenvalue weighted by molar-refractivity contribution is -0.144. The van der Waals surface area contributed by atoms with E-state index in [-0.39, 0.29) is 29.1 Å². The highest BCUT2D eigenvalue weighted by Gasteiger charge is 2.61. The minimum atomic E-state index is -0.989. The summed E-state index contributed by atoms with van der Waals surface area (Å²) in [6, 6.07) is 6.94. The van der Waals surface area contributed by atoms with E-state index in [0.717, 1.165) is 37.7 Å². The maximum atomic E-state index is 12.4. The molecule has 0 aliphatic heterocycles. The second kappa shape index (κ2) is 9.94. The number of rotatable bonds is 4. The minimum absolute atomic E-state index is 0.178. The van der Waals surface area contributed by atoms with Gasteiger partial charge in [0.25, 0.3) is 0 Å². The van der Waals surface area contributed by atoms with Crippen LogP contribution in [0.4, 0.5) is 0 Å². The molecule has 38 heavy (non-hydrogen) atoms. The molecule has 4 fully saturated rings. The summed E-state index contributed by atoms with van der Waals surface area (Å²) < 4.78 is 4.79. The zero-order valence-electron chi connectivity index (χ0n) is 23.3. The molecule has 1 N–H and O–H groups in total. The first kappa shape index (κ1) is 27.1. The molecule has 4 saturated carbocycles. The zero-order valence-corrected chi connectivity index (χ0v) is 23.3. The highest BCUT2D eigenvalue weighted by molar-refractivity contribution is 5.97. The molecule has 1 aromatic rings. The number of ether oxygens (including phenoxy) is 1. The summed E-state index contributed by atoms with van der Waals surface area (Å²) in [6.45, 7) is 7.69. The van der Waals surface area contributed by atoms with Gasteiger partial charge in [-0.1, -0.05) is 37.8 Å². The first-order chi connectivity index (χ1) is 17.9. The van der Waals surface area contributed by atoms with Crippen molar-refractivity contribution in [3.63, 3.8) is 0 Å². The Balaban J connectivity index is 1.26. The average Bonchev–Trinajstić information content (AvgIpc) is 3.24. The molecule has 2 unspecified atom stereocenters. The lowest BCUT2D eigenvalue weighted by atomic mass is 9.44. The monoisotopic (exact) mass is 518 g/mol. The number of aliphatic hydroxyl groups is 1. The highest BCUT2D eigenvalue weighted by atomic mass is 16.5. The molecule has 5 rings (SSSR count). The molecule has 4 aliphatic rings. The molecule has 204 valence electrons. The van der Waals surface area contributed by atoms with Gasteiger partial charge < -0.3 is 9.84 Å². The van der Waals surface area contributed by atoms with Gasteiger partial charge in [-0.3, -0.25) is 14.4 Å². The Hall–Kier alpha value is -2.45. The van der Waals surface area contributed by atoms with Crippen LogP contribution in [-0.4, -0.2) is 34.9 Å². The van der Waals surface area contributed by atoms with Gasteiger partial charge in [-0.25, -0.2) is 0 Å². The third-order valence-electron chi connectivity index (χ3n) is 11.3. The van der Waals surface area contributed by atoms with Crippen LogP contribution in [0.15, 0.2) is 24.3 Å². The second-order valence-corrected chi connectivity index (χ2v) is 13.2. The molecule has 4 aliphatic carbocycles. The van der Waals surface area contributed by atoms with Crippen molar-refractivity contribution in [2.75, 3.05) is 6.61 Å². The molecule has 0 bridgehead atoms. The molecule has 8 atom stereocenters. The Morgan fingerprint density at radius 1 is 0.921 bits per heavy atom. The zero-order chi connectivity index (χ0) is 27.3. The van der Waals surface area contributed by atoms with E-state index in [1.807, 2.05) is 0 Å². The number of fused-ring (bicyclic) bond motifs is 5. The number of benzene rings is 1. The van der Waals surface area contributed by atoms with Crippen LogP contribution in [0.1, 0.15) is 101 Å². The SMILES string of the molecule is CC(=O)OCC(=O)c1ccc(C#CC2(O)CC[C@@]3(C)C(CC[C@H]4[C@@H]5CC[C@H](C(C)=O)[C@@]5(C)CC[C@@H]43)C2)cc1. The number of hydrogen-bond donors (Lipinski definition) is 1. The van der Waals surface area contributed by atoms with Gasteiger partial charge >= 0.3 is 5.97 Å². The topological polar surface area (TPSA) is 80.7 Å². The first-order valence-electron chi connectivity index (χ1n) is 14.5. The molecule has 0 radical (unpaired) electrons. The molecule has 0 amide bonds. The Morgan fingerprint density at radius 3 is 2.32 bits per heavy atom. The summed E-state index contributed by atoms with van der Waals surface area (Å²) in [5.74, 6) is 8.77. The van der Waals surface area contributed by atoms with Crippen LogP contribution in [0, 0.1) is 52.3 Å². The van der Waals surface area contributed by atoms with Gasteiger partial charge in [-0.05, 0) is 111 Å². The van der Waals surface area contributed by atoms with Crippen LogP contribution < -0.4 is 0 Å². The Labute approximate surface area is 227 Å². The van der Waals surface area contributed by atoms with Crippen molar-refractivity contribution in [2.24, 2.45) is 40.4 Å². The van der Waals surface area contributed by atoms with E-state index in [4.69, 9.17) is 4.74 Å². The molecule has 1 aromatic carbocycles. The van der Waals surface area contributed by atoms with E-state index in [9.17, 15) is 19.5 Å². The highest BCUT2D eigenvalue weighted by Crippen LogP contribution is 2.68. The van der Waals surface area contributed by atoms with E-state index in [0.29, 0.717) is 41.4 Å². The third kappa shape index (κ3) is 4.75. The molecule has 0 spiro atoms. The van der Waals surface area contributed by atoms with E-state index in [1.54, 1.807) is 31.2 Å².